The number of allylic oxidation sites excluding steroid dienone is 1. The number of carbonyl (C=O) groups is 2. The number of rotatable bonds is 8. The Bertz CT molecular complexity index is 3290. The molecule has 406 valence electrons. The van der Waals surface area contributed by atoms with Crippen LogP contribution >= 0.6 is 21.6 Å². The number of carbonyl (C=O) groups excluding carboxylic acids is 2. The summed E-state index contributed by atoms with van der Waals surface area (Å²) in [7, 11) is 6.99. The normalized spacial score (nSPS) is 29.5. The molecule has 6 bridgehead atoms. The van der Waals surface area contributed by atoms with Gasteiger partial charge in [-0.1, -0.05) is 101 Å². The van der Waals surface area contributed by atoms with Crippen molar-refractivity contribution >= 4 is 50.4 Å². The minimum atomic E-state index is -1.04. The molecule has 0 saturated heterocycles. The van der Waals surface area contributed by atoms with Crippen molar-refractivity contribution in [3.8, 4) is 39.9 Å². The van der Waals surface area contributed by atoms with Crippen LogP contribution in [-0.4, -0.2) is 82.9 Å². The molecule has 11 atom stereocenters. The Morgan fingerprint density at radius 2 is 1.73 bits per heavy atom. The molecule has 12 rings (SSSR count). The van der Waals surface area contributed by atoms with Crippen LogP contribution in [0.5, 0.6) is 28.7 Å². The Kier molecular flexibility index (Phi) is 14.5. The lowest BCUT2D eigenvalue weighted by Crippen LogP contribution is -2.62. The highest BCUT2D eigenvalue weighted by molar-refractivity contribution is 8.76. The lowest BCUT2D eigenvalue weighted by atomic mass is 9.40. The van der Waals surface area contributed by atoms with Crippen LogP contribution in [0.1, 0.15) is 103 Å². The lowest BCUT2D eigenvalue weighted by molar-refractivity contribution is -0.179. The molecule has 11 unspecified atom stereocenters. The number of hydrogen-bond acceptors (Lipinski definition) is 13. The van der Waals surface area contributed by atoms with Crippen molar-refractivity contribution in [3.05, 3.63) is 154 Å². The number of hydrogen-bond donors (Lipinski definition) is 5. The largest absolute Gasteiger partial charge is 0.508 e. The highest BCUT2D eigenvalue weighted by Crippen LogP contribution is 2.70. The first-order valence-electron chi connectivity index (χ1n) is 27.8. The molecule has 1 heterocycles. The minimum absolute atomic E-state index is 0.0181. The lowest BCUT2D eigenvalue weighted by Gasteiger charge is -2.64. The predicted octanol–water partition coefficient (Wildman–Crippen LogP) is 12.2. The summed E-state index contributed by atoms with van der Waals surface area (Å²) in [6.45, 7) is 2.52. The van der Waals surface area contributed by atoms with E-state index < -0.39 is 35.1 Å². The van der Waals surface area contributed by atoms with E-state index in [1.54, 1.807) is 27.7 Å². The van der Waals surface area contributed by atoms with Crippen molar-refractivity contribution in [2.24, 2.45) is 29.1 Å². The first-order chi connectivity index (χ1) is 37.8. The Morgan fingerprint density at radius 1 is 0.885 bits per heavy atom. The monoisotopic (exact) mass is 1090 g/mol. The molecular weight excluding hydrogens is 1020 g/mol. The maximum atomic E-state index is 16.3. The van der Waals surface area contributed by atoms with Crippen molar-refractivity contribution in [1.82, 2.24) is 5.32 Å². The summed E-state index contributed by atoms with van der Waals surface area (Å²) in [4.78, 5) is 30.1. The molecule has 0 amide bonds. The third kappa shape index (κ3) is 9.49. The first-order valence-corrected chi connectivity index (χ1v) is 30.3. The Balaban J connectivity index is 1.05. The Labute approximate surface area is 464 Å². The number of phenols is 3. The summed E-state index contributed by atoms with van der Waals surface area (Å²) in [5.74, 6) is 0.261. The van der Waals surface area contributed by atoms with E-state index in [-0.39, 0.29) is 65.1 Å². The van der Waals surface area contributed by atoms with E-state index in [1.165, 1.54) is 14.0 Å². The molecule has 5 aliphatic carbocycles. The van der Waals surface area contributed by atoms with Gasteiger partial charge in [0.05, 0.1) is 25.2 Å². The second kappa shape index (κ2) is 21.5. The molecule has 78 heavy (non-hydrogen) atoms. The second-order valence-electron chi connectivity index (χ2n) is 23.0. The molecular formula is C65H69NO10S2. The molecule has 1 aliphatic heterocycles. The second-order valence-corrected chi connectivity index (χ2v) is 25.6. The van der Waals surface area contributed by atoms with Gasteiger partial charge < -0.3 is 44.7 Å². The van der Waals surface area contributed by atoms with Gasteiger partial charge in [-0.3, -0.25) is 9.59 Å². The maximum absolute atomic E-state index is 16.3. The highest BCUT2D eigenvalue weighted by Gasteiger charge is 2.65. The summed E-state index contributed by atoms with van der Waals surface area (Å²) in [6.07, 6.45) is 7.08. The van der Waals surface area contributed by atoms with E-state index >= 15 is 4.79 Å². The molecule has 13 heteroatoms. The molecule has 0 radical (unpaired) electrons. The van der Waals surface area contributed by atoms with Crippen LogP contribution in [0, 0.1) is 29.1 Å². The smallest absolute Gasteiger partial charge is 0.316 e. The molecule has 11 nitrogen and oxygen atoms in total. The van der Waals surface area contributed by atoms with E-state index in [0.717, 1.165) is 79.4 Å². The third-order valence-corrected chi connectivity index (χ3v) is 21.1. The van der Waals surface area contributed by atoms with Gasteiger partial charge in [-0.15, -0.1) is 0 Å². The standard InChI is InChI=1S/C65H69NO10S2/c1-37(67)75-59-30-47-29-52-50-32-61(57(70)25-43(50)23-53-56(69)33-54-51-31-58(71)60(73-3)26-44(51)24-55(59)65(54,62(52)53)18-16-38-9-5-4-6-10-38)74-19-20-77-78-36-40-12-8-17-64(34-40,63(72)76-47)45-15-14-42-22-46(68)28-49(48(42)27-45)41-13-7-11-39(21-41)35-66-2/h4-7,9-11,13-16,18,21-22,25-28,31-32,40,47,52-56,59,62,66,68-71H,8,12,17,19-20,23-24,29-30,33-36H2,1-3H3. The highest BCUT2D eigenvalue weighted by atomic mass is 33.1. The van der Waals surface area contributed by atoms with Gasteiger partial charge in [0, 0.05) is 42.7 Å². The Hall–Kier alpha value is -6.12. The van der Waals surface area contributed by atoms with Gasteiger partial charge in [-0.05, 0) is 191 Å². The zero-order valence-corrected chi connectivity index (χ0v) is 46.1. The number of nitrogens with one attached hydrogen (secondary N) is 1. The maximum Gasteiger partial charge on any atom is 0.316 e. The number of esters is 2. The van der Waals surface area contributed by atoms with E-state index in [1.807, 2.05) is 67.7 Å². The summed E-state index contributed by atoms with van der Waals surface area (Å²) in [5, 5.41) is 52.3. The van der Waals surface area contributed by atoms with Crippen LogP contribution in [0.3, 0.4) is 0 Å². The van der Waals surface area contributed by atoms with E-state index in [9.17, 15) is 25.2 Å². The van der Waals surface area contributed by atoms with Crippen LogP contribution in [0.4, 0.5) is 0 Å². The fourth-order valence-corrected chi connectivity index (χ4v) is 17.8. The third-order valence-electron chi connectivity index (χ3n) is 18.6. The average Bonchev–Trinajstić information content (AvgIpc) is 3.45. The molecule has 6 aliphatic rings. The number of fused-ring (bicyclic) bond motifs is 7. The summed E-state index contributed by atoms with van der Waals surface area (Å²) >= 11 is 0. The number of methoxy groups -OCH3 is 1. The van der Waals surface area contributed by atoms with Crippen molar-refractivity contribution in [2.45, 2.75) is 107 Å². The first kappa shape index (κ1) is 52.6. The number of aliphatic hydroxyl groups excluding tert-OH is 1. The van der Waals surface area contributed by atoms with E-state index in [4.69, 9.17) is 18.9 Å². The van der Waals surface area contributed by atoms with Gasteiger partial charge >= 0.3 is 11.9 Å². The van der Waals surface area contributed by atoms with Crippen LogP contribution in [-0.2, 0) is 43.9 Å². The van der Waals surface area contributed by atoms with Gasteiger partial charge in [0.1, 0.15) is 18.0 Å². The van der Waals surface area contributed by atoms with Crippen molar-refractivity contribution < 1.29 is 49.0 Å². The molecule has 6 aromatic carbocycles. The summed E-state index contributed by atoms with van der Waals surface area (Å²) in [6, 6.07) is 35.9. The zero-order valence-electron chi connectivity index (χ0n) is 44.5. The SMILES string of the molecule is CNCc1cccc(-c2cc(O)cc3ccc(C45CCCC(CSSCCOc6cc7c(cc6O)CC6C(O)CC8c9cc(O)c(OC)cc9CC9C(OC(C)=O)CC(CC7C6C89C=Cc6ccccc6)OC4=O)C5)cc23)c1. The predicted molar refractivity (Wildman–Crippen MR) is 307 cm³/mol. The van der Waals surface area contributed by atoms with E-state index in [0.29, 0.717) is 68.9 Å². The minimum Gasteiger partial charge on any atom is -0.508 e. The molecule has 0 spiro atoms. The quantitative estimate of drug-likeness (QED) is 0.0723. The van der Waals surface area contributed by atoms with Crippen LogP contribution < -0.4 is 14.8 Å². The number of aromatic hydroxyl groups is 3. The van der Waals surface area contributed by atoms with Crippen LogP contribution in [0.25, 0.3) is 28.0 Å². The van der Waals surface area contributed by atoms with Crippen LogP contribution in [0.15, 0.2) is 115 Å². The van der Waals surface area contributed by atoms with Crippen molar-refractivity contribution in [3.63, 3.8) is 0 Å². The number of phenolic OH excluding ortho intramolecular Hbond substituents is 3. The van der Waals surface area contributed by atoms with E-state index in [2.05, 4.69) is 59.9 Å². The summed E-state index contributed by atoms with van der Waals surface area (Å²) < 4.78 is 26.2. The van der Waals surface area contributed by atoms with Gasteiger partial charge in [-0.2, -0.15) is 0 Å². The van der Waals surface area contributed by atoms with Crippen molar-refractivity contribution in [1.29, 1.82) is 0 Å². The molecule has 5 N–H and O–H groups in total. The topological polar surface area (TPSA) is 164 Å². The summed E-state index contributed by atoms with van der Waals surface area (Å²) in [5.41, 5.74) is 6.80. The van der Waals surface area contributed by atoms with Crippen LogP contribution in [0.2, 0.25) is 0 Å². The molecule has 6 aromatic rings. The number of benzene rings is 6. The van der Waals surface area contributed by atoms with Crippen molar-refractivity contribution in [2.75, 3.05) is 32.3 Å². The van der Waals surface area contributed by atoms with Gasteiger partial charge in [0.2, 0.25) is 0 Å². The Morgan fingerprint density at radius 3 is 2.55 bits per heavy atom. The number of ether oxygens (including phenoxy) is 4. The molecule has 3 fully saturated rings. The van der Waals surface area contributed by atoms with Gasteiger partial charge in [0.15, 0.2) is 23.0 Å². The molecule has 0 aromatic heterocycles. The van der Waals surface area contributed by atoms with Gasteiger partial charge in [0.25, 0.3) is 0 Å². The van der Waals surface area contributed by atoms with Gasteiger partial charge in [-0.25, -0.2) is 0 Å². The fraction of sp³-hybridized carbons (Fsp3) is 0.415. The zero-order chi connectivity index (χ0) is 53.9. The molecule has 3 saturated carbocycles. The number of aliphatic hydroxyl groups is 1. The average molecular weight is 1090 g/mol. The fourth-order valence-electron chi connectivity index (χ4n) is 15.5.